The van der Waals surface area contributed by atoms with Crippen molar-refractivity contribution in [1.29, 1.82) is 0 Å². The first kappa shape index (κ1) is 19.4. The smallest absolute Gasteiger partial charge is 0.270 e. The maximum atomic E-state index is 13.4. The van der Waals surface area contributed by atoms with Gasteiger partial charge in [-0.05, 0) is 31.5 Å². The zero-order valence-corrected chi connectivity index (χ0v) is 17.3. The lowest BCUT2D eigenvalue weighted by molar-refractivity contribution is 0.0767. The van der Waals surface area contributed by atoms with Gasteiger partial charge < -0.3 is 24.4 Å². The lowest BCUT2D eigenvalue weighted by atomic mass is 9.96. The number of fused-ring (bicyclic) bond motifs is 1. The Bertz CT molecular complexity index is 815. The Morgan fingerprint density at radius 2 is 1.75 bits per heavy atom. The maximum Gasteiger partial charge on any atom is 0.270 e. The monoisotopic (exact) mass is 384 g/mol. The molecular formula is C22H32N4O2. The van der Waals surface area contributed by atoms with Gasteiger partial charge in [-0.2, -0.15) is 0 Å². The Kier molecular flexibility index (Phi) is 5.45. The molecular weight excluding hydrogens is 352 g/mol. The van der Waals surface area contributed by atoms with E-state index in [1.54, 1.807) is 0 Å². The minimum absolute atomic E-state index is 0.0931. The van der Waals surface area contributed by atoms with Crippen LogP contribution in [0.2, 0.25) is 0 Å². The van der Waals surface area contributed by atoms with E-state index in [4.69, 9.17) is 0 Å². The van der Waals surface area contributed by atoms with Crippen LogP contribution in [-0.4, -0.2) is 89.7 Å². The number of benzene rings is 1. The molecule has 6 nitrogen and oxygen atoms in total. The van der Waals surface area contributed by atoms with Crippen LogP contribution in [0.4, 0.5) is 0 Å². The summed E-state index contributed by atoms with van der Waals surface area (Å²) < 4.78 is 2.02. The van der Waals surface area contributed by atoms with Crippen LogP contribution in [0.5, 0.6) is 0 Å². The quantitative estimate of drug-likeness (QED) is 0.866. The predicted octanol–water partition coefficient (Wildman–Crippen LogP) is 1.41. The molecule has 0 aliphatic carbocycles. The number of piperazine rings is 1. The Balaban J connectivity index is 1.51. The number of para-hydroxylation sites is 1. The normalized spacial score (nSPS) is 24.4. The molecule has 1 N–H and O–H groups in total. The van der Waals surface area contributed by atoms with Crippen LogP contribution in [-0.2, 0) is 7.05 Å². The van der Waals surface area contributed by atoms with E-state index in [9.17, 15) is 9.90 Å². The second-order valence-corrected chi connectivity index (χ2v) is 8.57. The first-order chi connectivity index (χ1) is 13.5. The minimum Gasteiger partial charge on any atom is -0.396 e. The van der Waals surface area contributed by atoms with Gasteiger partial charge in [0.1, 0.15) is 5.69 Å². The van der Waals surface area contributed by atoms with E-state index < -0.39 is 0 Å². The van der Waals surface area contributed by atoms with Gasteiger partial charge in [0.15, 0.2) is 0 Å². The van der Waals surface area contributed by atoms with Crippen LogP contribution in [0, 0.1) is 18.8 Å². The highest BCUT2D eigenvalue weighted by Gasteiger charge is 2.37. The number of hydrogen-bond donors (Lipinski definition) is 1. The molecule has 2 atom stereocenters. The molecule has 0 saturated carbocycles. The van der Waals surface area contributed by atoms with E-state index in [2.05, 4.69) is 29.0 Å². The molecule has 1 aromatic heterocycles. The number of rotatable bonds is 4. The Labute approximate surface area is 167 Å². The standard InChI is InChI=1S/C22H32N4O2/c1-16-19-6-4-5-7-20(19)24(3)21(16)22(28)26-13-17(18(14-26)15-27)12-25-10-8-23(2)9-11-25/h4-7,17-18,27H,8-15H2,1-3H3. The lowest BCUT2D eigenvalue weighted by Crippen LogP contribution is -2.47. The average molecular weight is 385 g/mol. The van der Waals surface area contributed by atoms with E-state index in [1.807, 2.05) is 35.6 Å². The van der Waals surface area contributed by atoms with Crippen LogP contribution >= 0.6 is 0 Å². The molecule has 2 fully saturated rings. The van der Waals surface area contributed by atoms with E-state index in [-0.39, 0.29) is 18.4 Å². The Morgan fingerprint density at radius 1 is 1.07 bits per heavy atom. The topological polar surface area (TPSA) is 52.0 Å². The molecule has 3 heterocycles. The Morgan fingerprint density at radius 3 is 2.43 bits per heavy atom. The number of likely N-dealkylation sites (tertiary alicyclic amines) is 1. The maximum absolute atomic E-state index is 13.4. The summed E-state index contributed by atoms with van der Waals surface area (Å²) in [4.78, 5) is 20.2. The Hall–Kier alpha value is -1.89. The number of amides is 1. The molecule has 0 bridgehead atoms. The first-order valence-electron chi connectivity index (χ1n) is 10.3. The molecule has 2 aliphatic rings. The van der Waals surface area contributed by atoms with Crippen molar-refractivity contribution in [1.82, 2.24) is 19.3 Å². The fraction of sp³-hybridized carbons (Fsp3) is 0.591. The van der Waals surface area contributed by atoms with Crippen molar-refractivity contribution in [2.45, 2.75) is 6.92 Å². The number of likely N-dealkylation sites (N-methyl/N-ethyl adjacent to an activating group) is 1. The number of aryl methyl sites for hydroxylation is 2. The third kappa shape index (κ3) is 3.45. The summed E-state index contributed by atoms with van der Waals surface area (Å²) >= 11 is 0. The highest BCUT2D eigenvalue weighted by atomic mass is 16.3. The zero-order valence-electron chi connectivity index (χ0n) is 17.3. The van der Waals surface area contributed by atoms with Gasteiger partial charge in [-0.15, -0.1) is 0 Å². The molecule has 2 aromatic rings. The van der Waals surface area contributed by atoms with E-state index in [0.717, 1.165) is 61.4 Å². The fourth-order valence-corrected chi connectivity index (χ4v) is 4.92. The second kappa shape index (κ2) is 7.85. The number of carbonyl (C=O) groups is 1. The lowest BCUT2D eigenvalue weighted by Gasteiger charge is -2.34. The summed E-state index contributed by atoms with van der Waals surface area (Å²) in [5.74, 6) is 0.599. The molecule has 1 amide bonds. The third-order valence-corrected chi connectivity index (χ3v) is 6.75. The summed E-state index contributed by atoms with van der Waals surface area (Å²) in [7, 11) is 4.14. The van der Waals surface area contributed by atoms with Gasteiger partial charge in [-0.1, -0.05) is 18.2 Å². The highest BCUT2D eigenvalue weighted by Crippen LogP contribution is 2.30. The molecule has 2 aliphatic heterocycles. The summed E-state index contributed by atoms with van der Waals surface area (Å²) in [6.07, 6.45) is 0. The van der Waals surface area contributed by atoms with Crippen LogP contribution in [0.15, 0.2) is 24.3 Å². The van der Waals surface area contributed by atoms with Gasteiger partial charge in [-0.3, -0.25) is 4.79 Å². The summed E-state index contributed by atoms with van der Waals surface area (Å²) in [5.41, 5.74) is 2.92. The van der Waals surface area contributed by atoms with Crippen LogP contribution in [0.1, 0.15) is 16.1 Å². The number of carbonyl (C=O) groups excluding carboxylic acids is 1. The van der Waals surface area contributed by atoms with Gasteiger partial charge in [0.2, 0.25) is 0 Å². The average Bonchev–Trinajstić information content (AvgIpc) is 3.22. The van der Waals surface area contributed by atoms with Gasteiger partial charge in [-0.25, -0.2) is 0 Å². The molecule has 6 heteroatoms. The largest absolute Gasteiger partial charge is 0.396 e. The minimum atomic E-state index is 0.0931. The van der Waals surface area contributed by atoms with Crippen molar-refractivity contribution >= 4 is 16.8 Å². The van der Waals surface area contributed by atoms with Crippen molar-refractivity contribution < 1.29 is 9.90 Å². The molecule has 4 rings (SSSR count). The van der Waals surface area contributed by atoms with Gasteiger partial charge in [0.05, 0.1) is 0 Å². The number of aliphatic hydroxyl groups is 1. The van der Waals surface area contributed by atoms with E-state index in [0.29, 0.717) is 12.5 Å². The molecule has 2 saturated heterocycles. The first-order valence-corrected chi connectivity index (χ1v) is 10.3. The SMILES string of the molecule is Cc1c(C(=O)N2CC(CO)C(CN3CCN(C)CC3)C2)n(C)c2ccccc12. The van der Waals surface area contributed by atoms with E-state index in [1.165, 1.54) is 0 Å². The fourth-order valence-electron chi connectivity index (χ4n) is 4.92. The molecule has 0 spiro atoms. The van der Waals surface area contributed by atoms with E-state index >= 15 is 0 Å². The van der Waals surface area contributed by atoms with Crippen LogP contribution in [0.25, 0.3) is 10.9 Å². The summed E-state index contributed by atoms with van der Waals surface area (Å²) in [6, 6.07) is 8.18. The molecule has 2 unspecified atom stereocenters. The van der Waals surface area contributed by atoms with Gasteiger partial charge in [0.25, 0.3) is 5.91 Å². The number of hydrogen-bond acceptors (Lipinski definition) is 4. The summed E-state index contributed by atoms with van der Waals surface area (Å²) in [6.45, 7) is 8.86. The van der Waals surface area contributed by atoms with Gasteiger partial charge in [0, 0.05) is 76.3 Å². The zero-order chi connectivity index (χ0) is 19.8. The highest BCUT2D eigenvalue weighted by molar-refractivity contribution is 6.01. The van der Waals surface area contributed by atoms with Crippen LogP contribution < -0.4 is 0 Å². The predicted molar refractivity (Wildman–Crippen MR) is 112 cm³/mol. The molecule has 1 aromatic carbocycles. The molecule has 0 radical (unpaired) electrons. The van der Waals surface area contributed by atoms with Crippen molar-refractivity contribution in [3.05, 3.63) is 35.5 Å². The number of nitrogens with zero attached hydrogens (tertiary/aromatic N) is 4. The number of aliphatic hydroxyl groups excluding tert-OH is 1. The van der Waals surface area contributed by atoms with Gasteiger partial charge >= 0.3 is 0 Å². The van der Waals surface area contributed by atoms with Crippen molar-refractivity contribution in [3.63, 3.8) is 0 Å². The molecule has 152 valence electrons. The van der Waals surface area contributed by atoms with Crippen molar-refractivity contribution in [2.24, 2.45) is 18.9 Å². The molecule has 28 heavy (non-hydrogen) atoms. The number of aromatic nitrogens is 1. The van der Waals surface area contributed by atoms with Crippen molar-refractivity contribution in [3.8, 4) is 0 Å². The third-order valence-electron chi connectivity index (χ3n) is 6.75. The second-order valence-electron chi connectivity index (χ2n) is 8.57. The van der Waals surface area contributed by atoms with Crippen LogP contribution in [0.3, 0.4) is 0 Å². The summed E-state index contributed by atoms with van der Waals surface area (Å²) in [5, 5.41) is 11.1. The van der Waals surface area contributed by atoms with Crippen molar-refractivity contribution in [2.75, 3.05) is 59.5 Å².